The van der Waals surface area contributed by atoms with Gasteiger partial charge in [-0.2, -0.15) is 0 Å². The van der Waals surface area contributed by atoms with Crippen LogP contribution >= 0.6 is 0 Å². The molecule has 0 bridgehead atoms. The number of aliphatic hydroxyl groups excluding tert-OH is 1. The molecule has 8 heteroatoms. The first-order chi connectivity index (χ1) is 19.2. The Morgan fingerprint density at radius 3 is 2.34 bits per heavy atom. The second-order valence-electron chi connectivity index (χ2n) is 12.4. The average molecular weight is 588 g/mol. The van der Waals surface area contributed by atoms with E-state index in [1.165, 1.54) is 0 Å². The minimum atomic E-state index is -2.20. The summed E-state index contributed by atoms with van der Waals surface area (Å²) >= 11 is 0. The van der Waals surface area contributed by atoms with Gasteiger partial charge >= 0.3 is 5.97 Å². The number of carbonyl (C=O) groups is 2. The number of rotatable bonds is 7. The predicted molar refractivity (Wildman–Crippen MR) is 167 cm³/mol. The van der Waals surface area contributed by atoms with Crippen molar-refractivity contribution in [1.29, 1.82) is 0 Å². The fraction of sp³-hybridized carbons (Fsp3) is 0.667. The van der Waals surface area contributed by atoms with E-state index >= 15 is 0 Å². The number of aliphatic hydroxyl groups is 1. The highest BCUT2D eigenvalue weighted by molar-refractivity contribution is 6.73. The molecule has 0 aromatic carbocycles. The van der Waals surface area contributed by atoms with E-state index < -0.39 is 43.9 Å². The molecule has 0 aliphatic carbocycles. The number of oxazole rings is 1. The van der Waals surface area contributed by atoms with Crippen LogP contribution in [0.15, 0.2) is 40.1 Å². The van der Waals surface area contributed by atoms with Gasteiger partial charge in [-0.3, -0.25) is 9.59 Å². The summed E-state index contributed by atoms with van der Waals surface area (Å²) in [5.74, 6) is -0.653. The molecule has 0 saturated heterocycles. The van der Waals surface area contributed by atoms with Crippen LogP contribution < -0.4 is 0 Å². The number of esters is 1. The maximum Gasteiger partial charge on any atom is 0.309 e. The molecule has 1 aromatic rings. The number of ether oxygens (including phenoxy) is 1. The maximum absolute atomic E-state index is 14.0. The molecule has 1 aromatic heterocycles. The summed E-state index contributed by atoms with van der Waals surface area (Å²) < 4.78 is 18.4. The third-order valence-corrected chi connectivity index (χ3v) is 13.6. The lowest BCUT2D eigenvalue weighted by atomic mass is 9.73. The number of aromatic nitrogens is 1. The molecule has 0 amide bonds. The first-order valence-electron chi connectivity index (χ1n) is 15.2. The van der Waals surface area contributed by atoms with Gasteiger partial charge in [0.25, 0.3) is 0 Å². The summed E-state index contributed by atoms with van der Waals surface area (Å²) in [6.45, 7) is 19.6. The summed E-state index contributed by atoms with van der Waals surface area (Å²) in [6, 6.07) is 2.68. The predicted octanol–water partition coefficient (Wildman–Crippen LogP) is 7.60. The Morgan fingerprint density at radius 1 is 1.15 bits per heavy atom. The smallest absolute Gasteiger partial charge is 0.309 e. The second kappa shape index (κ2) is 15.3. The van der Waals surface area contributed by atoms with Gasteiger partial charge in [0.15, 0.2) is 14.2 Å². The third-order valence-electron chi connectivity index (χ3n) is 8.96. The molecule has 230 valence electrons. The fourth-order valence-corrected chi connectivity index (χ4v) is 8.55. The van der Waals surface area contributed by atoms with Crippen molar-refractivity contribution in [3.05, 3.63) is 47.2 Å². The van der Waals surface area contributed by atoms with Crippen LogP contribution in [0.2, 0.25) is 18.1 Å². The highest BCUT2D eigenvalue weighted by Crippen LogP contribution is 2.37. The molecular formula is C33H53NO6Si. The third kappa shape index (κ3) is 9.35. The van der Waals surface area contributed by atoms with Crippen molar-refractivity contribution in [3.63, 3.8) is 0 Å². The molecule has 0 radical (unpaired) electrons. The molecule has 41 heavy (non-hydrogen) atoms. The Hall–Kier alpha value is -2.29. The lowest BCUT2D eigenvalue weighted by molar-refractivity contribution is -0.153. The number of hydrogen-bond donors (Lipinski definition) is 1. The van der Waals surface area contributed by atoms with Crippen LogP contribution in [0, 0.1) is 24.2 Å². The van der Waals surface area contributed by atoms with Crippen molar-refractivity contribution in [2.24, 2.45) is 17.3 Å². The Kier molecular flexibility index (Phi) is 13.0. The first kappa shape index (κ1) is 34.9. The van der Waals surface area contributed by atoms with Crippen LogP contribution in [0.4, 0.5) is 0 Å². The number of ketones is 1. The van der Waals surface area contributed by atoms with Crippen molar-refractivity contribution in [1.82, 2.24) is 4.98 Å². The zero-order chi connectivity index (χ0) is 31.0. The summed E-state index contributed by atoms with van der Waals surface area (Å²) in [5.41, 5.74) is 1.54. The highest BCUT2D eigenvalue weighted by Gasteiger charge is 2.46. The van der Waals surface area contributed by atoms with E-state index in [0.29, 0.717) is 24.4 Å². The van der Waals surface area contributed by atoms with Gasteiger partial charge in [-0.05, 0) is 56.0 Å². The van der Waals surface area contributed by atoms with E-state index in [4.69, 9.17) is 13.6 Å². The highest BCUT2D eigenvalue weighted by atomic mass is 28.4. The maximum atomic E-state index is 14.0. The van der Waals surface area contributed by atoms with E-state index in [9.17, 15) is 14.7 Å². The molecule has 1 aliphatic rings. The molecule has 0 spiro atoms. The standard InChI is InChI=1S/C33H53NO6Si/c1-11-41(12-2,13-3)40-29-20-30(35)39-28(24(6)19-27-21-38-26(8)34-27)18-17-22(4)15-14-16-23(5)31(36)25(7)32(37)33(29,9)10/h14-15,17,19,21,23,25,28-29,31,36H,11-13,16,18,20H2,1-10H3/b15-14+,22-17-,24-19+/t23-,25+,28-,29-,31-/m0/s1. The first-order valence-corrected chi connectivity index (χ1v) is 17.8. The van der Waals surface area contributed by atoms with E-state index in [1.54, 1.807) is 20.1 Å². The molecule has 1 aliphatic heterocycles. The number of nitrogens with zero attached hydrogens (tertiary/aromatic N) is 1. The van der Waals surface area contributed by atoms with Crippen molar-refractivity contribution < 1.29 is 28.3 Å². The Morgan fingerprint density at radius 2 is 1.78 bits per heavy atom. The minimum Gasteiger partial charge on any atom is -0.457 e. The molecule has 0 unspecified atom stereocenters. The van der Waals surface area contributed by atoms with Crippen LogP contribution in [0.25, 0.3) is 6.08 Å². The largest absolute Gasteiger partial charge is 0.457 e. The lowest BCUT2D eigenvalue weighted by Gasteiger charge is -2.42. The zero-order valence-electron chi connectivity index (χ0n) is 27.0. The number of Topliss-reactive ketones (excluding diaryl/α,β-unsaturated/α-hetero) is 1. The number of cyclic esters (lactones) is 1. The van der Waals surface area contributed by atoms with Crippen molar-refractivity contribution in [2.45, 2.75) is 125 Å². The number of aryl methyl sites for hydroxylation is 1. The lowest BCUT2D eigenvalue weighted by Crippen LogP contribution is -2.51. The van der Waals surface area contributed by atoms with E-state index in [1.807, 2.05) is 52.8 Å². The molecule has 2 heterocycles. The van der Waals surface area contributed by atoms with Crippen LogP contribution in [-0.2, 0) is 18.8 Å². The van der Waals surface area contributed by atoms with E-state index in [-0.39, 0.29) is 18.1 Å². The van der Waals surface area contributed by atoms with Gasteiger partial charge in [0.05, 0.1) is 18.6 Å². The number of allylic oxidation sites excluding steroid dienone is 3. The average Bonchev–Trinajstić information content (AvgIpc) is 3.35. The molecule has 0 fully saturated rings. The number of carbonyl (C=O) groups excluding carboxylic acids is 2. The van der Waals surface area contributed by atoms with Crippen LogP contribution in [-0.4, -0.2) is 48.5 Å². The van der Waals surface area contributed by atoms with Crippen molar-refractivity contribution >= 4 is 26.1 Å². The van der Waals surface area contributed by atoms with E-state index in [0.717, 1.165) is 29.3 Å². The SMILES string of the molecule is CC[Si](CC)(CC)O[C@H]1CC(=O)O[C@H](/C(C)=C/c2coc(C)n2)C/C=C(C)\C=C\C[C@H](C)[C@H](O)[C@@H](C)C(=O)C1(C)C. The molecule has 5 atom stereocenters. The molecule has 1 N–H and O–H groups in total. The fourth-order valence-electron chi connectivity index (χ4n) is 5.57. The zero-order valence-corrected chi connectivity index (χ0v) is 28.0. The van der Waals surface area contributed by atoms with Crippen molar-refractivity contribution in [3.8, 4) is 0 Å². The minimum absolute atomic E-state index is 0.0404. The normalized spacial score (nSPS) is 29.5. The van der Waals surface area contributed by atoms with Crippen LogP contribution in [0.5, 0.6) is 0 Å². The van der Waals surface area contributed by atoms with Gasteiger partial charge in [-0.25, -0.2) is 4.98 Å². The summed E-state index contributed by atoms with van der Waals surface area (Å²) in [4.78, 5) is 32.0. The Balaban J connectivity index is 2.56. The Bertz CT molecular complexity index is 1100. The van der Waals surface area contributed by atoms with Gasteiger partial charge < -0.3 is 18.7 Å². The van der Waals surface area contributed by atoms with Crippen molar-refractivity contribution in [2.75, 3.05) is 0 Å². The van der Waals surface area contributed by atoms with Gasteiger partial charge in [-0.1, -0.05) is 72.3 Å². The van der Waals surface area contributed by atoms with Gasteiger partial charge in [-0.15, -0.1) is 0 Å². The van der Waals surface area contributed by atoms with E-state index in [2.05, 4.69) is 31.8 Å². The van der Waals surface area contributed by atoms with Gasteiger partial charge in [0.2, 0.25) is 0 Å². The molecule has 7 nitrogen and oxygen atoms in total. The number of hydrogen-bond acceptors (Lipinski definition) is 7. The van der Waals surface area contributed by atoms with Gasteiger partial charge in [0.1, 0.15) is 23.8 Å². The van der Waals surface area contributed by atoms with Crippen LogP contribution in [0.1, 0.15) is 93.2 Å². The molecule has 0 saturated carbocycles. The molecular weight excluding hydrogens is 534 g/mol. The quantitative estimate of drug-likeness (QED) is 0.259. The summed E-state index contributed by atoms with van der Waals surface area (Å²) in [5, 5.41) is 11.1. The summed E-state index contributed by atoms with van der Waals surface area (Å²) in [7, 11) is -2.20. The second-order valence-corrected chi connectivity index (χ2v) is 17.1. The van der Waals surface area contributed by atoms with Gasteiger partial charge in [0, 0.05) is 24.7 Å². The van der Waals surface area contributed by atoms with Crippen LogP contribution in [0.3, 0.4) is 0 Å². The topological polar surface area (TPSA) is 98.9 Å². The monoisotopic (exact) mass is 587 g/mol. The summed E-state index contributed by atoms with van der Waals surface area (Å²) in [6.07, 6.45) is 8.67. The molecule has 2 rings (SSSR count). The Labute approximate surface area is 248 Å².